The smallest absolute Gasteiger partial charge is 0.254 e. The van der Waals surface area contributed by atoms with Crippen LogP contribution in [0.2, 0.25) is 0 Å². The highest BCUT2D eigenvalue weighted by Gasteiger charge is 2.14. The number of nitrogen functional groups attached to an aromatic ring is 1. The number of nitrogens with zero attached hydrogens (tertiary/aromatic N) is 4. The molecule has 0 bridgehead atoms. The van der Waals surface area contributed by atoms with Crippen molar-refractivity contribution in [1.82, 2.24) is 19.6 Å². The van der Waals surface area contributed by atoms with Crippen LogP contribution in [0.1, 0.15) is 25.1 Å². The van der Waals surface area contributed by atoms with Crippen molar-refractivity contribution in [3.8, 4) is 11.1 Å². The second-order valence-corrected chi connectivity index (χ2v) is 4.69. The summed E-state index contributed by atoms with van der Waals surface area (Å²) in [4.78, 5) is 8.65. The van der Waals surface area contributed by atoms with Crippen LogP contribution in [-0.2, 0) is 12.8 Å². The van der Waals surface area contributed by atoms with Crippen LogP contribution in [0.5, 0.6) is 0 Å². The molecule has 1 aromatic carbocycles. The lowest BCUT2D eigenvalue weighted by Gasteiger charge is -2.12. The SMILES string of the molecule is CCc1ccc(-c2c(CC)nc3ncnn3c2N)cc1. The van der Waals surface area contributed by atoms with E-state index in [2.05, 4.69) is 53.2 Å². The molecule has 2 aromatic heterocycles. The average molecular weight is 267 g/mol. The zero-order valence-corrected chi connectivity index (χ0v) is 11.7. The summed E-state index contributed by atoms with van der Waals surface area (Å²) in [5.41, 5.74) is 10.5. The summed E-state index contributed by atoms with van der Waals surface area (Å²) in [6, 6.07) is 8.43. The molecule has 2 N–H and O–H groups in total. The summed E-state index contributed by atoms with van der Waals surface area (Å²) in [6.07, 6.45) is 3.30. The number of fused-ring (bicyclic) bond motifs is 1. The maximum atomic E-state index is 6.26. The molecule has 0 unspecified atom stereocenters. The van der Waals surface area contributed by atoms with Gasteiger partial charge in [-0.15, -0.1) is 0 Å². The number of hydrogen-bond donors (Lipinski definition) is 1. The van der Waals surface area contributed by atoms with Crippen LogP contribution in [-0.4, -0.2) is 19.6 Å². The molecule has 0 spiro atoms. The summed E-state index contributed by atoms with van der Waals surface area (Å²) in [7, 11) is 0. The van der Waals surface area contributed by atoms with E-state index >= 15 is 0 Å². The van der Waals surface area contributed by atoms with Crippen molar-refractivity contribution in [2.75, 3.05) is 5.73 Å². The topological polar surface area (TPSA) is 69.1 Å². The zero-order valence-electron chi connectivity index (χ0n) is 11.7. The molecule has 102 valence electrons. The Bertz CT molecular complexity index is 743. The maximum Gasteiger partial charge on any atom is 0.254 e. The number of aromatic nitrogens is 4. The number of aryl methyl sites for hydroxylation is 2. The third-order valence-corrected chi connectivity index (χ3v) is 3.52. The van der Waals surface area contributed by atoms with Crippen LogP contribution in [0.15, 0.2) is 30.6 Å². The first-order valence-electron chi connectivity index (χ1n) is 6.82. The molecule has 2 heterocycles. The molecule has 0 aliphatic carbocycles. The molecular weight excluding hydrogens is 250 g/mol. The van der Waals surface area contributed by atoms with Gasteiger partial charge in [-0.25, -0.2) is 4.98 Å². The van der Waals surface area contributed by atoms with Crippen LogP contribution < -0.4 is 5.73 Å². The molecule has 0 saturated heterocycles. The Morgan fingerprint density at radius 3 is 2.50 bits per heavy atom. The second kappa shape index (κ2) is 4.92. The monoisotopic (exact) mass is 267 g/mol. The molecule has 3 rings (SSSR count). The van der Waals surface area contributed by atoms with E-state index in [9.17, 15) is 0 Å². The van der Waals surface area contributed by atoms with E-state index < -0.39 is 0 Å². The fraction of sp³-hybridized carbons (Fsp3) is 0.267. The Kier molecular flexibility index (Phi) is 3.10. The zero-order chi connectivity index (χ0) is 14.1. The summed E-state index contributed by atoms with van der Waals surface area (Å²) in [6.45, 7) is 4.21. The lowest BCUT2D eigenvalue weighted by molar-refractivity contribution is 0.925. The molecule has 5 heteroatoms. The van der Waals surface area contributed by atoms with E-state index in [4.69, 9.17) is 5.73 Å². The van der Waals surface area contributed by atoms with Gasteiger partial charge < -0.3 is 5.73 Å². The number of nitrogens with two attached hydrogens (primary N) is 1. The van der Waals surface area contributed by atoms with Gasteiger partial charge in [-0.2, -0.15) is 14.6 Å². The number of hydrogen-bond acceptors (Lipinski definition) is 4. The third kappa shape index (κ3) is 1.91. The first-order valence-corrected chi connectivity index (χ1v) is 6.82. The van der Waals surface area contributed by atoms with E-state index in [1.54, 1.807) is 4.52 Å². The number of anilines is 1. The Hall–Kier alpha value is -2.43. The summed E-state index contributed by atoms with van der Waals surface area (Å²) in [5.74, 6) is 1.14. The highest BCUT2D eigenvalue weighted by Crippen LogP contribution is 2.29. The molecule has 0 radical (unpaired) electrons. The van der Waals surface area contributed by atoms with Gasteiger partial charge in [0, 0.05) is 5.56 Å². The van der Waals surface area contributed by atoms with Gasteiger partial charge in [-0.1, -0.05) is 38.1 Å². The van der Waals surface area contributed by atoms with Crippen LogP contribution in [0, 0.1) is 0 Å². The van der Waals surface area contributed by atoms with E-state index in [1.165, 1.54) is 11.9 Å². The van der Waals surface area contributed by atoms with Crippen molar-refractivity contribution in [3.63, 3.8) is 0 Å². The lowest BCUT2D eigenvalue weighted by Crippen LogP contribution is -2.07. The van der Waals surface area contributed by atoms with Gasteiger partial charge in [0.25, 0.3) is 5.78 Å². The van der Waals surface area contributed by atoms with Gasteiger partial charge >= 0.3 is 0 Å². The minimum Gasteiger partial charge on any atom is -0.383 e. The van der Waals surface area contributed by atoms with Crippen molar-refractivity contribution >= 4 is 11.6 Å². The van der Waals surface area contributed by atoms with Crippen LogP contribution >= 0.6 is 0 Å². The minimum absolute atomic E-state index is 0.549. The van der Waals surface area contributed by atoms with E-state index in [-0.39, 0.29) is 0 Å². The van der Waals surface area contributed by atoms with Gasteiger partial charge in [0.05, 0.1) is 5.69 Å². The Morgan fingerprint density at radius 2 is 1.85 bits per heavy atom. The van der Waals surface area contributed by atoms with Gasteiger partial charge in [-0.05, 0) is 24.0 Å². The maximum absolute atomic E-state index is 6.26. The van der Waals surface area contributed by atoms with Crippen LogP contribution in [0.4, 0.5) is 5.82 Å². The van der Waals surface area contributed by atoms with Crippen molar-refractivity contribution in [3.05, 3.63) is 41.9 Å². The first-order chi connectivity index (χ1) is 9.74. The van der Waals surface area contributed by atoms with Gasteiger partial charge in [-0.3, -0.25) is 0 Å². The highest BCUT2D eigenvalue weighted by atomic mass is 15.3. The standard InChI is InChI=1S/C15H17N5/c1-3-10-5-7-11(8-6-10)13-12(4-2)19-15-17-9-18-20(15)14(13)16/h5-9H,3-4,16H2,1-2H3. The average Bonchev–Trinajstić information content (AvgIpc) is 2.96. The van der Waals surface area contributed by atoms with Crippen molar-refractivity contribution in [2.45, 2.75) is 26.7 Å². The quantitative estimate of drug-likeness (QED) is 0.791. The lowest BCUT2D eigenvalue weighted by atomic mass is 10.0. The minimum atomic E-state index is 0.549. The van der Waals surface area contributed by atoms with E-state index in [0.717, 1.165) is 29.7 Å². The fourth-order valence-corrected chi connectivity index (χ4v) is 2.39. The molecule has 0 aliphatic rings. The van der Waals surface area contributed by atoms with E-state index in [1.807, 2.05) is 0 Å². The number of benzene rings is 1. The fourth-order valence-electron chi connectivity index (χ4n) is 2.39. The third-order valence-electron chi connectivity index (χ3n) is 3.52. The van der Waals surface area contributed by atoms with Crippen LogP contribution in [0.3, 0.4) is 0 Å². The summed E-state index contributed by atoms with van der Waals surface area (Å²) >= 11 is 0. The van der Waals surface area contributed by atoms with Crippen molar-refractivity contribution in [1.29, 1.82) is 0 Å². The molecule has 0 amide bonds. The summed E-state index contributed by atoms with van der Waals surface area (Å²) in [5, 5.41) is 4.13. The van der Waals surface area contributed by atoms with Crippen LogP contribution in [0.25, 0.3) is 16.9 Å². The Morgan fingerprint density at radius 1 is 1.10 bits per heavy atom. The molecule has 0 fully saturated rings. The molecule has 0 atom stereocenters. The number of rotatable bonds is 3. The van der Waals surface area contributed by atoms with Crippen molar-refractivity contribution < 1.29 is 0 Å². The molecular formula is C15H17N5. The van der Waals surface area contributed by atoms with E-state index in [0.29, 0.717) is 11.6 Å². The van der Waals surface area contributed by atoms with Gasteiger partial charge in [0.1, 0.15) is 12.1 Å². The molecule has 3 aromatic rings. The largest absolute Gasteiger partial charge is 0.383 e. The highest BCUT2D eigenvalue weighted by molar-refractivity contribution is 5.77. The van der Waals surface area contributed by atoms with Gasteiger partial charge in [0.15, 0.2) is 0 Å². The normalized spacial score (nSPS) is 11.1. The summed E-state index contributed by atoms with van der Waals surface area (Å²) < 4.78 is 1.59. The predicted octanol–water partition coefficient (Wildman–Crippen LogP) is 2.50. The Balaban J connectivity index is 2.24. The first kappa shape index (κ1) is 12.6. The molecule has 0 saturated carbocycles. The second-order valence-electron chi connectivity index (χ2n) is 4.69. The Labute approximate surface area is 117 Å². The predicted molar refractivity (Wildman–Crippen MR) is 79.4 cm³/mol. The molecule has 20 heavy (non-hydrogen) atoms. The molecule has 5 nitrogen and oxygen atoms in total. The van der Waals surface area contributed by atoms with Gasteiger partial charge in [0.2, 0.25) is 0 Å². The molecule has 0 aliphatic heterocycles. The van der Waals surface area contributed by atoms with Crippen molar-refractivity contribution in [2.24, 2.45) is 0 Å².